The summed E-state index contributed by atoms with van der Waals surface area (Å²) in [6.07, 6.45) is 2.21. The number of amides is 3. The van der Waals surface area contributed by atoms with E-state index in [2.05, 4.69) is 31.2 Å². The number of furan rings is 1. The Morgan fingerprint density at radius 3 is 2.09 bits per heavy atom. The molecule has 218 valence electrons. The molecule has 0 aliphatic carbocycles. The first-order valence-electron chi connectivity index (χ1n) is 14.2. The molecule has 0 saturated heterocycles. The molecule has 0 fully saturated rings. The Kier molecular flexibility index (Phi) is 8.27. The fourth-order valence-corrected chi connectivity index (χ4v) is 4.99. The van der Waals surface area contributed by atoms with Crippen LogP contribution in [0.15, 0.2) is 120 Å². The number of hydrogen-bond acceptors (Lipinski definition) is 6. The molecular formula is C35H30N6O3. The molecule has 0 unspecified atom stereocenters. The first-order chi connectivity index (χ1) is 21.5. The van der Waals surface area contributed by atoms with Gasteiger partial charge in [-0.1, -0.05) is 72.8 Å². The second-order valence-electron chi connectivity index (χ2n) is 10.2. The van der Waals surface area contributed by atoms with Crippen molar-refractivity contribution in [2.24, 2.45) is 0 Å². The Morgan fingerprint density at radius 1 is 0.705 bits per heavy atom. The lowest BCUT2D eigenvalue weighted by atomic mass is 9.98. The second kappa shape index (κ2) is 12.9. The number of carbonyl (C=O) groups excluding carboxylic acids is 2. The van der Waals surface area contributed by atoms with E-state index in [0.29, 0.717) is 35.2 Å². The van der Waals surface area contributed by atoms with E-state index in [1.807, 2.05) is 109 Å². The van der Waals surface area contributed by atoms with Crippen LogP contribution in [0.5, 0.6) is 0 Å². The molecule has 6 rings (SSSR count). The van der Waals surface area contributed by atoms with Crippen molar-refractivity contribution in [2.45, 2.75) is 13.3 Å². The quantitative estimate of drug-likeness (QED) is 0.138. The van der Waals surface area contributed by atoms with Gasteiger partial charge in [-0.3, -0.25) is 4.79 Å². The highest BCUT2D eigenvalue weighted by Crippen LogP contribution is 2.43. The second-order valence-corrected chi connectivity index (χ2v) is 10.2. The average molecular weight is 583 g/mol. The van der Waals surface area contributed by atoms with Crippen molar-refractivity contribution >= 4 is 45.9 Å². The molecule has 0 saturated carbocycles. The Hall–Kier alpha value is -5.96. The Labute approximate surface area is 254 Å². The van der Waals surface area contributed by atoms with Crippen LogP contribution in [0.3, 0.4) is 0 Å². The molecule has 44 heavy (non-hydrogen) atoms. The minimum atomic E-state index is -0.299. The molecule has 6 aromatic rings. The fourth-order valence-electron chi connectivity index (χ4n) is 4.99. The summed E-state index contributed by atoms with van der Waals surface area (Å²) in [5, 5.41) is 12.8. The lowest BCUT2D eigenvalue weighted by Gasteiger charge is -2.11. The largest absolute Gasteiger partial charge is 0.437 e. The number of anilines is 4. The summed E-state index contributed by atoms with van der Waals surface area (Å²) < 4.78 is 6.33. The van der Waals surface area contributed by atoms with Crippen LogP contribution in [0.4, 0.5) is 27.7 Å². The molecule has 4 aromatic carbocycles. The number of rotatable bonds is 9. The van der Waals surface area contributed by atoms with Crippen molar-refractivity contribution < 1.29 is 14.0 Å². The van der Waals surface area contributed by atoms with Crippen LogP contribution in [0.1, 0.15) is 12.5 Å². The third-order valence-electron chi connectivity index (χ3n) is 6.95. The van der Waals surface area contributed by atoms with Gasteiger partial charge in [0.05, 0.1) is 5.39 Å². The van der Waals surface area contributed by atoms with Crippen LogP contribution in [0, 0.1) is 0 Å². The van der Waals surface area contributed by atoms with Gasteiger partial charge in [-0.25, -0.2) is 14.8 Å². The fraction of sp³-hybridized carbons (Fsp3) is 0.0857. The normalized spacial score (nSPS) is 10.8. The monoisotopic (exact) mass is 582 g/mol. The molecule has 0 aliphatic rings. The maximum atomic E-state index is 12.3. The molecule has 3 amide bonds. The van der Waals surface area contributed by atoms with Gasteiger partial charge in [-0.2, -0.15) is 0 Å². The topological polar surface area (TPSA) is 121 Å². The van der Waals surface area contributed by atoms with Crippen molar-refractivity contribution in [1.29, 1.82) is 0 Å². The summed E-state index contributed by atoms with van der Waals surface area (Å²) in [5.41, 5.74) is 6.28. The van der Waals surface area contributed by atoms with E-state index in [0.717, 1.165) is 39.7 Å². The standard InChI is InChI=1S/C35H30N6O3/c1-23(42)39-29-14-8-11-26(21-29)30-31-33(37-22-38-34(31)44-32(30)25-9-4-2-5-10-25)36-20-19-24-15-17-28(18-16-24)41-35(43)40-27-12-6-3-7-13-27/h2-18,21-22H,19-20H2,1H3,(H,39,42)(H,36,37,38)(H2,40,41,43). The highest BCUT2D eigenvalue weighted by molar-refractivity contribution is 6.06. The lowest BCUT2D eigenvalue weighted by molar-refractivity contribution is -0.114. The zero-order valence-electron chi connectivity index (χ0n) is 24.0. The molecule has 0 atom stereocenters. The minimum Gasteiger partial charge on any atom is -0.437 e. The van der Waals surface area contributed by atoms with Crippen molar-refractivity contribution in [2.75, 3.05) is 27.8 Å². The van der Waals surface area contributed by atoms with E-state index in [1.165, 1.54) is 13.3 Å². The molecule has 2 aromatic heterocycles. The van der Waals surface area contributed by atoms with Crippen LogP contribution in [-0.4, -0.2) is 28.5 Å². The highest BCUT2D eigenvalue weighted by Gasteiger charge is 2.22. The van der Waals surface area contributed by atoms with Gasteiger partial charge < -0.3 is 25.7 Å². The van der Waals surface area contributed by atoms with Gasteiger partial charge in [0.1, 0.15) is 17.9 Å². The Balaban J connectivity index is 1.22. The number of urea groups is 1. The first-order valence-corrected chi connectivity index (χ1v) is 14.2. The Morgan fingerprint density at radius 2 is 1.36 bits per heavy atom. The molecule has 9 nitrogen and oxygen atoms in total. The molecule has 2 heterocycles. The van der Waals surface area contributed by atoms with Crippen LogP contribution < -0.4 is 21.3 Å². The van der Waals surface area contributed by atoms with Crippen molar-refractivity contribution in [3.63, 3.8) is 0 Å². The number of aromatic nitrogens is 2. The maximum Gasteiger partial charge on any atom is 0.323 e. The van der Waals surface area contributed by atoms with E-state index < -0.39 is 0 Å². The van der Waals surface area contributed by atoms with Gasteiger partial charge >= 0.3 is 6.03 Å². The molecule has 0 aliphatic heterocycles. The minimum absolute atomic E-state index is 0.146. The van der Waals surface area contributed by atoms with Gasteiger partial charge in [0.25, 0.3) is 0 Å². The maximum absolute atomic E-state index is 12.3. The van der Waals surface area contributed by atoms with E-state index in [1.54, 1.807) is 0 Å². The number of nitrogens with one attached hydrogen (secondary N) is 4. The van der Waals surface area contributed by atoms with Crippen molar-refractivity contribution in [3.8, 4) is 22.5 Å². The summed E-state index contributed by atoms with van der Waals surface area (Å²) in [7, 11) is 0. The predicted molar refractivity (Wildman–Crippen MR) is 175 cm³/mol. The number of nitrogens with zero attached hydrogens (tertiary/aromatic N) is 2. The van der Waals surface area contributed by atoms with Gasteiger partial charge in [0.2, 0.25) is 11.6 Å². The number of hydrogen-bond donors (Lipinski definition) is 4. The zero-order chi connectivity index (χ0) is 30.3. The average Bonchev–Trinajstić information content (AvgIpc) is 3.43. The first kappa shape index (κ1) is 28.2. The Bertz CT molecular complexity index is 1900. The molecule has 0 spiro atoms. The molecule has 4 N–H and O–H groups in total. The number of carbonyl (C=O) groups is 2. The van der Waals surface area contributed by atoms with Crippen LogP contribution in [0.25, 0.3) is 33.6 Å². The summed E-state index contributed by atoms with van der Waals surface area (Å²) in [6.45, 7) is 2.09. The summed E-state index contributed by atoms with van der Waals surface area (Å²) in [4.78, 5) is 33.1. The smallest absolute Gasteiger partial charge is 0.323 e. The SMILES string of the molecule is CC(=O)Nc1cccc(-c2c(-c3ccccc3)oc3ncnc(NCCc4ccc(NC(=O)Nc5ccccc5)cc4)c23)c1. The van der Waals surface area contributed by atoms with Gasteiger partial charge in [0, 0.05) is 41.7 Å². The molecule has 0 radical (unpaired) electrons. The van der Waals surface area contributed by atoms with E-state index in [4.69, 9.17) is 4.42 Å². The zero-order valence-corrected chi connectivity index (χ0v) is 24.0. The van der Waals surface area contributed by atoms with Crippen molar-refractivity contribution in [1.82, 2.24) is 9.97 Å². The van der Waals surface area contributed by atoms with Gasteiger partial charge in [-0.05, 0) is 53.9 Å². The van der Waals surface area contributed by atoms with Crippen LogP contribution >= 0.6 is 0 Å². The van der Waals surface area contributed by atoms with Gasteiger partial charge in [0.15, 0.2) is 0 Å². The third-order valence-corrected chi connectivity index (χ3v) is 6.95. The number of para-hydroxylation sites is 1. The molecule has 0 bridgehead atoms. The van der Waals surface area contributed by atoms with Crippen molar-refractivity contribution in [3.05, 3.63) is 121 Å². The van der Waals surface area contributed by atoms with E-state index >= 15 is 0 Å². The summed E-state index contributed by atoms with van der Waals surface area (Å²) >= 11 is 0. The van der Waals surface area contributed by atoms with Crippen LogP contribution in [0.2, 0.25) is 0 Å². The van der Waals surface area contributed by atoms with Crippen LogP contribution in [-0.2, 0) is 11.2 Å². The number of benzene rings is 4. The van der Waals surface area contributed by atoms with E-state index in [9.17, 15) is 9.59 Å². The predicted octanol–water partition coefficient (Wildman–Crippen LogP) is 7.81. The number of fused-ring (bicyclic) bond motifs is 1. The lowest BCUT2D eigenvalue weighted by Crippen LogP contribution is -2.19. The van der Waals surface area contributed by atoms with Gasteiger partial charge in [-0.15, -0.1) is 0 Å². The highest BCUT2D eigenvalue weighted by atomic mass is 16.3. The summed E-state index contributed by atoms with van der Waals surface area (Å²) in [6, 6.07) is 34.2. The summed E-state index contributed by atoms with van der Waals surface area (Å²) in [5.74, 6) is 1.17. The third kappa shape index (κ3) is 6.57. The molecular weight excluding hydrogens is 552 g/mol. The van der Waals surface area contributed by atoms with E-state index in [-0.39, 0.29) is 11.9 Å². The molecule has 9 heteroatoms.